The fourth-order valence-electron chi connectivity index (χ4n) is 2.29. The molecule has 0 aliphatic carbocycles. The maximum Gasteiger partial charge on any atom is 0.254 e. The fraction of sp³-hybridized carbons (Fsp3) is 0.111. The smallest absolute Gasteiger partial charge is 0.254 e. The van der Waals surface area contributed by atoms with Gasteiger partial charge in [-0.15, -0.1) is 0 Å². The van der Waals surface area contributed by atoms with Crippen molar-refractivity contribution in [3.05, 3.63) is 64.1 Å². The molecule has 0 saturated heterocycles. The van der Waals surface area contributed by atoms with Gasteiger partial charge in [-0.05, 0) is 43.3 Å². The molecule has 0 saturated carbocycles. The molecule has 0 atom stereocenters. The summed E-state index contributed by atoms with van der Waals surface area (Å²) in [5, 5.41) is 0.726. The number of para-hydroxylation sites is 1. The minimum absolute atomic E-state index is 0.157. The highest BCUT2D eigenvalue weighted by molar-refractivity contribution is 9.10. The van der Waals surface area contributed by atoms with Crippen LogP contribution < -0.4 is 16.0 Å². The third-order valence-electron chi connectivity index (χ3n) is 3.36. The predicted molar refractivity (Wildman–Crippen MR) is 95.3 cm³/mol. The summed E-state index contributed by atoms with van der Waals surface area (Å²) in [4.78, 5) is 16.2. The summed E-state index contributed by atoms with van der Waals surface area (Å²) in [6, 6.07) is 14.5. The normalized spacial score (nSPS) is 11.7. The van der Waals surface area contributed by atoms with Crippen LogP contribution in [0.25, 0.3) is 11.0 Å². The Morgan fingerprint density at radius 3 is 2.67 bits per heavy atom. The van der Waals surface area contributed by atoms with Crippen LogP contribution in [0.4, 0.5) is 5.69 Å². The van der Waals surface area contributed by atoms with Crippen LogP contribution >= 0.6 is 15.9 Å². The molecule has 1 aromatic heterocycles. The lowest BCUT2D eigenvalue weighted by atomic mass is 10.1. The molecule has 0 radical (unpaired) electrons. The zero-order valence-corrected chi connectivity index (χ0v) is 14.5. The van der Waals surface area contributed by atoms with Crippen molar-refractivity contribution in [2.75, 3.05) is 6.61 Å². The summed E-state index contributed by atoms with van der Waals surface area (Å²) < 4.78 is 12.4. The van der Waals surface area contributed by atoms with Gasteiger partial charge < -0.3 is 14.9 Å². The Morgan fingerprint density at radius 1 is 1.25 bits per heavy atom. The van der Waals surface area contributed by atoms with E-state index in [4.69, 9.17) is 14.9 Å². The number of ether oxygens (including phenoxy) is 1. The van der Waals surface area contributed by atoms with Crippen LogP contribution in [-0.4, -0.2) is 12.5 Å². The Bertz CT molecular complexity index is 962. The van der Waals surface area contributed by atoms with E-state index < -0.39 is 5.91 Å². The van der Waals surface area contributed by atoms with Crippen molar-refractivity contribution in [3.8, 4) is 5.75 Å². The highest BCUT2D eigenvalue weighted by Crippen LogP contribution is 2.25. The Kier molecular flexibility index (Phi) is 4.66. The van der Waals surface area contributed by atoms with Gasteiger partial charge in [0.25, 0.3) is 5.91 Å². The van der Waals surface area contributed by atoms with E-state index >= 15 is 0 Å². The van der Waals surface area contributed by atoms with Gasteiger partial charge in [0.05, 0.1) is 12.3 Å². The highest BCUT2D eigenvalue weighted by Gasteiger charge is 2.12. The zero-order valence-electron chi connectivity index (χ0n) is 13.0. The minimum Gasteiger partial charge on any atom is -0.490 e. The fourth-order valence-corrected chi connectivity index (χ4v) is 2.55. The molecule has 2 aromatic carbocycles. The van der Waals surface area contributed by atoms with E-state index in [9.17, 15) is 4.79 Å². The zero-order chi connectivity index (χ0) is 17.1. The van der Waals surface area contributed by atoms with E-state index in [0.29, 0.717) is 23.6 Å². The number of amides is 1. The van der Waals surface area contributed by atoms with Crippen LogP contribution in [0, 0.1) is 0 Å². The number of fused-ring (bicyclic) bond motifs is 1. The standard InChI is InChI=1S/C18H15BrN2O3/c1-2-23-15-5-3-4-11-10-14(17(20)22)18(24-16(11)15)21-13-8-6-12(19)7-9-13/h3-10H,2H2,1H3,(H2,20,22). The molecular formula is C18H15BrN2O3. The lowest BCUT2D eigenvalue weighted by Gasteiger charge is -2.07. The first-order valence-electron chi connectivity index (χ1n) is 7.38. The Labute approximate surface area is 146 Å². The summed E-state index contributed by atoms with van der Waals surface area (Å²) in [5.74, 6) is -0.00315. The van der Waals surface area contributed by atoms with Crippen LogP contribution in [0.2, 0.25) is 0 Å². The number of rotatable bonds is 4. The number of nitrogens with two attached hydrogens (primary N) is 1. The first kappa shape index (κ1) is 16.3. The summed E-state index contributed by atoms with van der Waals surface area (Å²) in [5.41, 5.74) is 7.04. The van der Waals surface area contributed by atoms with Crippen LogP contribution in [0.5, 0.6) is 5.75 Å². The number of nitrogens with zero attached hydrogens (tertiary/aromatic N) is 1. The predicted octanol–water partition coefficient (Wildman–Crippen LogP) is 3.93. The third-order valence-corrected chi connectivity index (χ3v) is 3.89. The number of carbonyl (C=O) groups excluding carboxylic acids is 1. The van der Waals surface area contributed by atoms with E-state index in [-0.39, 0.29) is 11.1 Å². The average Bonchev–Trinajstić information content (AvgIpc) is 2.57. The molecule has 0 aliphatic rings. The van der Waals surface area contributed by atoms with Gasteiger partial charge in [0.15, 0.2) is 11.3 Å². The molecule has 1 amide bonds. The van der Waals surface area contributed by atoms with E-state index in [1.54, 1.807) is 6.07 Å². The van der Waals surface area contributed by atoms with Crippen LogP contribution in [-0.2, 0) is 0 Å². The first-order valence-corrected chi connectivity index (χ1v) is 8.17. The molecule has 0 bridgehead atoms. The van der Waals surface area contributed by atoms with E-state index in [2.05, 4.69) is 20.9 Å². The van der Waals surface area contributed by atoms with Crippen molar-refractivity contribution in [2.45, 2.75) is 6.92 Å². The third kappa shape index (κ3) is 3.33. The molecular weight excluding hydrogens is 372 g/mol. The molecule has 6 heteroatoms. The molecule has 24 heavy (non-hydrogen) atoms. The monoisotopic (exact) mass is 386 g/mol. The van der Waals surface area contributed by atoms with E-state index in [1.807, 2.05) is 49.4 Å². The molecule has 0 fully saturated rings. The quantitative estimate of drug-likeness (QED) is 0.737. The van der Waals surface area contributed by atoms with Crippen molar-refractivity contribution >= 4 is 38.5 Å². The van der Waals surface area contributed by atoms with Gasteiger partial charge in [0.1, 0.15) is 5.56 Å². The Balaban J connectivity index is 2.27. The molecule has 3 rings (SSSR count). The maximum absolute atomic E-state index is 11.8. The van der Waals surface area contributed by atoms with Crippen molar-refractivity contribution < 1.29 is 13.9 Å². The number of hydrogen-bond donors (Lipinski definition) is 1. The average molecular weight is 387 g/mol. The lowest BCUT2D eigenvalue weighted by molar-refractivity contribution is 0.0996. The van der Waals surface area contributed by atoms with Crippen molar-refractivity contribution in [1.82, 2.24) is 0 Å². The maximum atomic E-state index is 11.8. The summed E-state index contributed by atoms with van der Waals surface area (Å²) in [6.07, 6.45) is 0. The van der Waals surface area contributed by atoms with Crippen molar-refractivity contribution in [1.29, 1.82) is 0 Å². The number of benzene rings is 2. The second-order valence-corrected chi connectivity index (χ2v) is 5.94. The molecule has 0 aliphatic heterocycles. The van der Waals surface area contributed by atoms with Gasteiger partial charge >= 0.3 is 0 Å². The van der Waals surface area contributed by atoms with Crippen LogP contribution in [0.3, 0.4) is 0 Å². The summed E-state index contributed by atoms with van der Waals surface area (Å²) in [6.45, 7) is 2.40. The molecule has 0 spiro atoms. The number of hydrogen-bond acceptors (Lipinski definition) is 4. The number of halogens is 1. The molecule has 122 valence electrons. The summed E-state index contributed by atoms with van der Waals surface area (Å²) in [7, 11) is 0. The number of carbonyl (C=O) groups is 1. The van der Waals surface area contributed by atoms with Crippen molar-refractivity contribution in [2.24, 2.45) is 10.7 Å². The van der Waals surface area contributed by atoms with E-state index in [0.717, 1.165) is 9.86 Å². The Hall–Kier alpha value is -2.60. The molecule has 3 aromatic rings. The van der Waals surface area contributed by atoms with Gasteiger partial charge in [-0.3, -0.25) is 4.79 Å². The van der Waals surface area contributed by atoms with Gasteiger partial charge in [0, 0.05) is 9.86 Å². The van der Waals surface area contributed by atoms with E-state index in [1.165, 1.54) is 0 Å². The second kappa shape index (κ2) is 6.88. The minimum atomic E-state index is -0.599. The molecule has 5 nitrogen and oxygen atoms in total. The van der Waals surface area contributed by atoms with Gasteiger partial charge in [-0.1, -0.05) is 28.1 Å². The Morgan fingerprint density at radius 2 is 2.00 bits per heavy atom. The SMILES string of the molecule is CCOc1cccc2cc(C(N)=O)c(=Nc3ccc(Br)cc3)oc12. The molecule has 1 heterocycles. The first-order chi connectivity index (χ1) is 11.6. The van der Waals surface area contributed by atoms with Crippen LogP contribution in [0.15, 0.2) is 62.4 Å². The van der Waals surface area contributed by atoms with Crippen LogP contribution in [0.1, 0.15) is 17.3 Å². The number of primary amides is 1. The second-order valence-electron chi connectivity index (χ2n) is 5.03. The van der Waals surface area contributed by atoms with Gasteiger partial charge in [-0.25, -0.2) is 4.99 Å². The topological polar surface area (TPSA) is 77.8 Å². The van der Waals surface area contributed by atoms with Crippen molar-refractivity contribution in [3.63, 3.8) is 0 Å². The molecule has 0 unspecified atom stereocenters. The highest BCUT2D eigenvalue weighted by atomic mass is 79.9. The largest absolute Gasteiger partial charge is 0.490 e. The van der Waals surface area contributed by atoms with Gasteiger partial charge in [0.2, 0.25) is 5.55 Å². The lowest BCUT2D eigenvalue weighted by Crippen LogP contribution is -2.21. The van der Waals surface area contributed by atoms with Gasteiger partial charge in [-0.2, -0.15) is 0 Å². The summed E-state index contributed by atoms with van der Waals surface area (Å²) >= 11 is 3.37. The molecule has 2 N–H and O–H groups in total.